The summed E-state index contributed by atoms with van der Waals surface area (Å²) in [5.74, 6) is 0.509. The van der Waals surface area contributed by atoms with Crippen molar-refractivity contribution in [3.8, 4) is 11.4 Å². The maximum atomic E-state index is 13.2. The number of benzene rings is 2. The van der Waals surface area contributed by atoms with Crippen LogP contribution in [0.3, 0.4) is 0 Å². The van der Waals surface area contributed by atoms with E-state index in [-0.39, 0.29) is 17.7 Å². The molecule has 4 aromatic rings. The summed E-state index contributed by atoms with van der Waals surface area (Å²) < 4.78 is 20.5. The van der Waals surface area contributed by atoms with Crippen LogP contribution < -0.4 is 10.1 Å². The summed E-state index contributed by atoms with van der Waals surface area (Å²) >= 11 is 0. The smallest absolute Gasteiger partial charge is 0.291 e. The lowest BCUT2D eigenvalue weighted by atomic mass is 10.1. The number of ether oxygens (including phenoxy) is 1. The summed E-state index contributed by atoms with van der Waals surface area (Å²) in [6, 6.07) is 18.7. The van der Waals surface area contributed by atoms with E-state index in [0.717, 1.165) is 11.3 Å². The number of hydrogen-bond donors (Lipinski definition) is 1. The van der Waals surface area contributed by atoms with Gasteiger partial charge >= 0.3 is 0 Å². The van der Waals surface area contributed by atoms with Crippen LogP contribution in [0.4, 0.5) is 4.39 Å². The molecule has 162 valence electrons. The van der Waals surface area contributed by atoms with Gasteiger partial charge in [-0.15, -0.1) is 5.10 Å². The van der Waals surface area contributed by atoms with Crippen LogP contribution in [-0.4, -0.2) is 25.7 Å². The zero-order valence-electron chi connectivity index (χ0n) is 17.7. The van der Waals surface area contributed by atoms with E-state index in [4.69, 9.17) is 4.74 Å². The summed E-state index contributed by atoms with van der Waals surface area (Å²) in [5, 5.41) is 7.19. The van der Waals surface area contributed by atoms with Crippen molar-refractivity contribution in [2.24, 2.45) is 0 Å². The van der Waals surface area contributed by atoms with Crippen LogP contribution in [-0.2, 0) is 6.61 Å². The number of hydrogen-bond acceptors (Lipinski definition) is 5. The van der Waals surface area contributed by atoms with E-state index in [1.807, 2.05) is 49.4 Å². The molecule has 0 fully saturated rings. The first-order valence-electron chi connectivity index (χ1n) is 10.1. The van der Waals surface area contributed by atoms with Gasteiger partial charge < -0.3 is 10.1 Å². The minimum absolute atomic E-state index is 0.0428. The van der Waals surface area contributed by atoms with Crippen molar-refractivity contribution in [3.63, 3.8) is 0 Å². The van der Waals surface area contributed by atoms with Gasteiger partial charge in [0.15, 0.2) is 0 Å². The van der Waals surface area contributed by atoms with Gasteiger partial charge in [0, 0.05) is 6.20 Å². The Hall–Kier alpha value is -4.07. The predicted octanol–water partition coefficient (Wildman–Crippen LogP) is 4.18. The fourth-order valence-corrected chi connectivity index (χ4v) is 3.17. The molecular weight excluding hydrogens is 409 g/mol. The Morgan fingerprint density at radius 3 is 2.69 bits per heavy atom. The molecule has 0 aliphatic heterocycles. The summed E-state index contributed by atoms with van der Waals surface area (Å²) in [6.45, 7) is 3.97. The molecule has 1 atom stereocenters. The number of nitrogens with zero attached hydrogens (tertiary/aromatic N) is 4. The molecule has 1 N–H and O–H groups in total. The van der Waals surface area contributed by atoms with Crippen molar-refractivity contribution in [2.45, 2.75) is 26.5 Å². The first-order chi connectivity index (χ1) is 15.5. The van der Waals surface area contributed by atoms with E-state index in [2.05, 4.69) is 20.4 Å². The number of nitrogens with one attached hydrogen (secondary N) is 1. The zero-order chi connectivity index (χ0) is 22.5. The molecule has 8 heteroatoms. The van der Waals surface area contributed by atoms with Crippen LogP contribution in [0.2, 0.25) is 0 Å². The third-order valence-corrected chi connectivity index (χ3v) is 4.86. The van der Waals surface area contributed by atoms with Crippen molar-refractivity contribution in [1.29, 1.82) is 0 Å². The summed E-state index contributed by atoms with van der Waals surface area (Å²) in [7, 11) is 0. The maximum absolute atomic E-state index is 13.2. The third kappa shape index (κ3) is 4.97. The molecule has 2 aromatic carbocycles. The highest BCUT2D eigenvalue weighted by Crippen LogP contribution is 2.20. The highest BCUT2D eigenvalue weighted by atomic mass is 19.1. The number of amides is 1. The van der Waals surface area contributed by atoms with E-state index in [1.54, 1.807) is 25.3 Å². The average molecular weight is 431 g/mol. The Morgan fingerprint density at radius 1 is 1.12 bits per heavy atom. The molecule has 0 aliphatic carbocycles. The number of aromatic nitrogens is 4. The van der Waals surface area contributed by atoms with E-state index >= 15 is 0 Å². The minimum Gasteiger partial charge on any atom is -0.487 e. The Morgan fingerprint density at radius 2 is 1.94 bits per heavy atom. The van der Waals surface area contributed by atoms with Gasteiger partial charge in [-0.3, -0.25) is 9.78 Å². The first-order valence-corrected chi connectivity index (χ1v) is 10.1. The van der Waals surface area contributed by atoms with Gasteiger partial charge in [0.1, 0.15) is 24.0 Å². The molecule has 2 aromatic heterocycles. The molecule has 0 saturated carbocycles. The second-order valence-electron chi connectivity index (χ2n) is 7.25. The fourth-order valence-electron chi connectivity index (χ4n) is 3.17. The normalized spacial score (nSPS) is 11.7. The van der Waals surface area contributed by atoms with Crippen LogP contribution in [0.1, 0.15) is 40.7 Å². The molecule has 1 unspecified atom stereocenters. The van der Waals surface area contributed by atoms with E-state index in [0.29, 0.717) is 23.9 Å². The van der Waals surface area contributed by atoms with Crippen molar-refractivity contribution >= 4 is 5.91 Å². The Balaban J connectivity index is 1.42. The second kappa shape index (κ2) is 9.38. The van der Waals surface area contributed by atoms with Crippen LogP contribution in [0.15, 0.2) is 72.9 Å². The fraction of sp³-hybridized carbons (Fsp3) is 0.167. The van der Waals surface area contributed by atoms with Crippen LogP contribution in [0.5, 0.6) is 5.75 Å². The molecule has 0 saturated heterocycles. The molecule has 0 spiro atoms. The monoisotopic (exact) mass is 431 g/mol. The Labute approximate surface area is 184 Å². The Bertz CT molecular complexity index is 1210. The highest BCUT2D eigenvalue weighted by molar-refractivity contribution is 5.90. The minimum atomic E-state index is -0.402. The van der Waals surface area contributed by atoms with Gasteiger partial charge in [-0.05, 0) is 67.9 Å². The highest BCUT2D eigenvalue weighted by Gasteiger charge is 2.18. The predicted molar refractivity (Wildman–Crippen MR) is 117 cm³/mol. The topological polar surface area (TPSA) is 81.9 Å². The molecule has 0 aliphatic rings. The van der Waals surface area contributed by atoms with E-state index in [1.165, 1.54) is 16.8 Å². The third-order valence-electron chi connectivity index (χ3n) is 4.86. The van der Waals surface area contributed by atoms with Gasteiger partial charge in [0.05, 0.1) is 17.4 Å². The van der Waals surface area contributed by atoms with Crippen LogP contribution in [0, 0.1) is 12.7 Å². The molecule has 1 amide bonds. The van der Waals surface area contributed by atoms with Crippen LogP contribution in [0.25, 0.3) is 5.69 Å². The molecular formula is C24H22FN5O2. The largest absolute Gasteiger partial charge is 0.487 e. The lowest BCUT2D eigenvalue weighted by molar-refractivity contribution is 0.0929. The van der Waals surface area contributed by atoms with Gasteiger partial charge in [-0.1, -0.05) is 18.2 Å². The van der Waals surface area contributed by atoms with Crippen molar-refractivity contribution in [3.05, 3.63) is 102 Å². The van der Waals surface area contributed by atoms with Crippen molar-refractivity contribution in [1.82, 2.24) is 25.1 Å². The molecule has 0 radical (unpaired) electrons. The van der Waals surface area contributed by atoms with Crippen LogP contribution >= 0.6 is 0 Å². The number of carbonyl (C=O) groups excluding carboxylic acids is 1. The summed E-state index contributed by atoms with van der Waals surface area (Å²) in [4.78, 5) is 21.2. The summed E-state index contributed by atoms with van der Waals surface area (Å²) in [6.07, 6.45) is 1.72. The second-order valence-corrected chi connectivity index (χ2v) is 7.25. The van der Waals surface area contributed by atoms with Gasteiger partial charge in [-0.25, -0.2) is 14.1 Å². The van der Waals surface area contributed by atoms with Crippen molar-refractivity contribution in [2.75, 3.05) is 0 Å². The van der Waals surface area contributed by atoms with E-state index < -0.39 is 5.91 Å². The van der Waals surface area contributed by atoms with Crippen molar-refractivity contribution < 1.29 is 13.9 Å². The van der Waals surface area contributed by atoms with Gasteiger partial charge in [-0.2, -0.15) is 0 Å². The number of halogens is 1. The number of rotatable bonds is 7. The summed E-state index contributed by atoms with van der Waals surface area (Å²) in [5.41, 5.74) is 2.34. The molecule has 32 heavy (non-hydrogen) atoms. The maximum Gasteiger partial charge on any atom is 0.291 e. The number of aryl methyl sites for hydroxylation is 1. The lowest BCUT2D eigenvalue weighted by Gasteiger charge is -2.14. The zero-order valence-corrected chi connectivity index (χ0v) is 17.7. The lowest BCUT2D eigenvalue weighted by Crippen LogP contribution is -2.27. The standard InChI is InChI=1S/C24H22FN5O2/c1-16(18-6-5-8-22(14-18)32-15-20-7-3-4-13-26-20)27-24(31)23-28-17(2)30(29-23)21-11-9-19(25)10-12-21/h3-14,16H,15H2,1-2H3,(H,27,31). The SMILES string of the molecule is Cc1nc(C(=O)NC(C)c2cccc(OCc3ccccn3)c2)nn1-c1ccc(F)cc1. The van der Waals surface area contributed by atoms with Gasteiger partial charge in [0.25, 0.3) is 5.91 Å². The average Bonchev–Trinajstić information content (AvgIpc) is 3.21. The molecule has 7 nitrogen and oxygen atoms in total. The number of pyridine rings is 1. The number of carbonyl (C=O) groups is 1. The quantitative estimate of drug-likeness (QED) is 0.475. The Kier molecular flexibility index (Phi) is 6.21. The first kappa shape index (κ1) is 21.2. The van der Waals surface area contributed by atoms with Gasteiger partial charge in [0.2, 0.25) is 5.82 Å². The molecule has 0 bridgehead atoms. The molecule has 4 rings (SSSR count). The van der Waals surface area contributed by atoms with E-state index in [9.17, 15) is 9.18 Å². The molecule has 2 heterocycles.